The second-order valence-corrected chi connectivity index (χ2v) is 7.26. The molecule has 1 aliphatic carbocycles. The van der Waals surface area contributed by atoms with Gasteiger partial charge >= 0.3 is 0 Å². The van der Waals surface area contributed by atoms with Gasteiger partial charge in [0.05, 0.1) is 6.10 Å². The van der Waals surface area contributed by atoms with Crippen molar-refractivity contribution in [3.63, 3.8) is 0 Å². The van der Waals surface area contributed by atoms with Crippen molar-refractivity contribution < 1.29 is 5.11 Å². The van der Waals surface area contributed by atoms with Gasteiger partial charge in [-0.05, 0) is 38.6 Å². The van der Waals surface area contributed by atoms with Gasteiger partial charge < -0.3 is 5.11 Å². The number of aliphatic hydroxyl groups is 1. The molecule has 1 unspecified atom stereocenters. The summed E-state index contributed by atoms with van der Waals surface area (Å²) in [6.07, 6.45) is 6.52. The molecule has 2 heteroatoms. The Balaban J connectivity index is 2.58. The maximum Gasteiger partial charge on any atom is 0.0575 e. The summed E-state index contributed by atoms with van der Waals surface area (Å²) >= 11 is 0. The average molecular weight is 255 g/mol. The molecule has 18 heavy (non-hydrogen) atoms. The van der Waals surface area contributed by atoms with Crippen molar-refractivity contribution in [2.24, 2.45) is 11.3 Å². The molecule has 0 radical (unpaired) electrons. The molecule has 0 aromatic carbocycles. The zero-order chi connectivity index (χ0) is 13.8. The molecule has 2 nitrogen and oxygen atoms in total. The minimum Gasteiger partial charge on any atom is -0.393 e. The lowest BCUT2D eigenvalue weighted by Crippen LogP contribution is -2.45. The van der Waals surface area contributed by atoms with Gasteiger partial charge in [-0.25, -0.2) is 0 Å². The molecule has 0 saturated heterocycles. The van der Waals surface area contributed by atoms with Crippen LogP contribution in [0.25, 0.3) is 0 Å². The summed E-state index contributed by atoms with van der Waals surface area (Å²) in [6, 6.07) is 0.766. The molecule has 1 aliphatic rings. The van der Waals surface area contributed by atoms with Crippen molar-refractivity contribution in [3.8, 4) is 0 Å². The van der Waals surface area contributed by atoms with E-state index in [4.69, 9.17) is 0 Å². The first-order valence-corrected chi connectivity index (χ1v) is 7.75. The monoisotopic (exact) mass is 255 g/mol. The number of hydrogen-bond donors (Lipinski definition) is 1. The molecule has 0 amide bonds. The van der Waals surface area contributed by atoms with Crippen molar-refractivity contribution in [1.29, 1.82) is 0 Å². The average Bonchev–Trinajstić information content (AvgIpc) is 2.76. The minimum absolute atomic E-state index is 0.000427. The molecule has 1 rings (SSSR count). The van der Waals surface area contributed by atoms with E-state index in [1.165, 1.54) is 38.6 Å². The lowest BCUT2D eigenvalue weighted by atomic mass is 9.86. The predicted octanol–water partition coefficient (Wildman–Crippen LogP) is 3.68. The Morgan fingerprint density at radius 2 is 1.72 bits per heavy atom. The highest BCUT2D eigenvalue weighted by atomic mass is 16.3. The van der Waals surface area contributed by atoms with Crippen LogP contribution in [0.3, 0.4) is 0 Å². The van der Waals surface area contributed by atoms with Crippen LogP contribution in [0.1, 0.15) is 66.7 Å². The molecule has 0 aliphatic heterocycles. The maximum absolute atomic E-state index is 9.92. The van der Waals surface area contributed by atoms with E-state index in [-0.39, 0.29) is 11.5 Å². The Hall–Kier alpha value is -0.0800. The highest BCUT2D eigenvalue weighted by Gasteiger charge is 2.31. The molecule has 0 aromatic rings. The summed E-state index contributed by atoms with van der Waals surface area (Å²) in [5, 5.41) is 9.92. The predicted molar refractivity (Wildman–Crippen MR) is 78.7 cm³/mol. The van der Waals surface area contributed by atoms with Crippen molar-refractivity contribution in [3.05, 3.63) is 0 Å². The second-order valence-electron chi connectivity index (χ2n) is 7.26. The smallest absolute Gasteiger partial charge is 0.0575 e. The first-order chi connectivity index (χ1) is 8.33. The van der Waals surface area contributed by atoms with Crippen LogP contribution in [-0.4, -0.2) is 35.2 Å². The first-order valence-electron chi connectivity index (χ1n) is 7.75. The van der Waals surface area contributed by atoms with Crippen LogP contribution >= 0.6 is 0 Å². The van der Waals surface area contributed by atoms with E-state index in [9.17, 15) is 5.11 Å². The van der Waals surface area contributed by atoms with Gasteiger partial charge in [-0.3, -0.25) is 4.90 Å². The normalized spacial score (nSPS) is 20.0. The largest absolute Gasteiger partial charge is 0.393 e. The highest BCUT2D eigenvalue weighted by Crippen LogP contribution is 2.29. The molecule has 0 bridgehead atoms. The fourth-order valence-corrected chi connectivity index (χ4v) is 2.74. The van der Waals surface area contributed by atoms with E-state index < -0.39 is 0 Å². The molecule has 1 saturated carbocycles. The Morgan fingerprint density at radius 3 is 2.17 bits per heavy atom. The summed E-state index contributed by atoms with van der Waals surface area (Å²) in [7, 11) is 0. The maximum atomic E-state index is 9.92. The minimum atomic E-state index is -0.236. The third kappa shape index (κ3) is 4.89. The Labute approximate surface area is 114 Å². The van der Waals surface area contributed by atoms with Gasteiger partial charge in [0.2, 0.25) is 0 Å². The topological polar surface area (TPSA) is 23.5 Å². The number of hydrogen-bond acceptors (Lipinski definition) is 2. The van der Waals surface area contributed by atoms with Gasteiger partial charge in [0, 0.05) is 18.0 Å². The molecule has 1 fully saturated rings. The van der Waals surface area contributed by atoms with Crippen LogP contribution in [0.5, 0.6) is 0 Å². The summed E-state index contributed by atoms with van der Waals surface area (Å²) in [5.74, 6) is 0.767. The molecular formula is C16H33NO. The Bertz CT molecular complexity index is 229. The van der Waals surface area contributed by atoms with Gasteiger partial charge in [-0.15, -0.1) is 0 Å². The van der Waals surface area contributed by atoms with E-state index in [2.05, 4.69) is 32.6 Å². The first kappa shape index (κ1) is 16.0. The number of nitrogens with zero attached hydrogens (tertiary/aromatic N) is 1. The Kier molecular flexibility index (Phi) is 6.13. The van der Waals surface area contributed by atoms with Crippen LogP contribution in [0.4, 0.5) is 0 Å². The van der Waals surface area contributed by atoms with Crippen molar-refractivity contribution in [1.82, 2.24) is 4.90 Å². The van der Waals surface area contributed by atoms with Crippen LogP contribution in [0.15, 0.2) is 0 Å². The van der Waals surface area contributed by atoms with Gasteiger partial charge in [0.15, 0.2) is 0 Å². The SMILES string of the molecule is CC(C)CCN(CC(C)(C)C(C)O)C1CCCC1. The molecule has 0 spiro atoms. The van der Waals surface area contributed by atoms with E-state index in [0.29, 0.717) is 0 Å². The summed E-state index contributed by atoms with van der Waals surface area (Å²) in [5.41, 5.74) is -0.000427. The van der Waals surface area contributed by atoms with E-state index in [1.54, 1.807) is 0 Å². The van der Waals surface area contributed by atoms with Crippen LogP contribution in [0.2, 0.25) is 0 Å². The molecule has 0 heterocycles. The molecule has 1 N–H and O–H groups in total. The summed E-state index contributed by atoms with van der Waals surface area (Å²) < 4.78 is 0. The Morgan fingerprint density at radius 1 is 1.17 bits per heavy atom. The van der Waals surface area contributed by atoms with Crippen LogP contribution in [0, 0.1) is 11.3 Å². The van der Waals surface area contributed by atoms with Gasteiger partial charge in [-0.2, -0.15) is 0 Å². The van der Waals surface area contributed by atoms with Crippen molar-refractivity contribution in [2.45, 2.75) is 78.9 Å². The second kappa shape index (κ2) is 6.91. The summed E-state index contributed by atoms with van der Waals surface area (Å²) in [6.45, 7) is 13.1. The van der Waals surface area contributed by atoms with Gasteiger partial charge in [0.25, 0.3) is 0 Å². The van der Waals surface area contributed by atoms with Crippen LogP contribution < -0.4 is 0 Å². The molecular weight excluding hydrogens is 222 g/mol. The van der Waals surface area contributed by atoms with E-state index in [1.807, 2.05) is 6.92 Å². The quantitative estimate of drug-likeness (QED) is 0.750. The van der Waals surface area contributed by atoms with Crippen molar-refractivity contribution in [2.75, 3.05) is 13.1 Å². The fourth-order valence-electron chi connectivity index (χ4n) is 2.74. The summed E-state index contributed by atoms with van der Waals surface area (Å²) in [4.78, 5) is 2.65. The molecule has 1 atom stereocenters. The zero-order valence-electron chi connectivity index (χ0n) is 13.1. The van der Waals surface area contributed by atoms with E-state index in [0.717, 1.165) is 18.5 Å². The van der Waals surface area contributed by atoms with Gasteiger partial charge in [0.1, 0.15) is 0 Å². The van der Waals surface area contributed by atoms with Crippen molar-refractivity contribution >= 4 is 0 Å². The third-order valence-electron chi connectivity index (χ3n) is 4.58. The third-order valence-corrected chi connectivity index (χ3v) is 4.58. The molecule has 108 valence electrons. The van der Waals surface area contributed by atoms with E-state index >= 15 is 0 Å². The number of rotatable bonds is 7. The lowest BCUT2D eigenvalue weighted by molar-refractivity contribution is 0.0209. The van der Waals surface area contributed by atoms with Gasteiger partial charge in [-0.1, -0.05) is 40.5 Å². The zero-order valence-corrected chi connectivity index (χ0v) is 13.1. The highest BCUT2D eigenvalue weighted by molar-refractivity contribution is 4.84. The fraction of sp³-hybridized carbons (Fsp3) is 1.00. The standard InChI is InChI=1S/C16H33NO/c1-13(2)10-11-17(15-8-6-7-9-15)12-16(4,5)14(3)18/h13-15,18H,6-12H2,1-5H3. The number of aliphatic hydroxyl groups excluding tert-OH is 1. The lowest BCUT2D eigenvalue weighted by Gasteiger charge is -2.38. The van der Waals surface area contributed by atoms with Crippen LogP contribution in [-0.2, 0) is 0 Å². The molecule has 0 aromatic heterocycles.